The number of anilines is 1. The average Bonchev–Trinajstić information content (AvgIpc) is 3.31. The maximum absolute atomic E-state index is 5.59. The van der Waals surface area contributed by atoms with Crippen LogP contribution in [0.25, 0.3) is 0 Å². The van der Waals surface area contributed by atoms with Crippen LogP contribution in [0.15, 0.2) is 18.2 Å². The van der Waals surface area contributed by atoms with E-state index in [1.807, 2.05) is 0 Å². The molecule has 1 heterocycles. The van der Waals surface area contributed by atoms with Crippen LogP contribution in [0.2, 0.25) is 0 Å². The van der Waals surface area contributed by atoms with E-state index in [2.05, 4.69) is 42.4 Å². The Bertz CT molecular complexity index is 464. The number of ether oxygens (including phenoxy) is 1. The van der Waals surface area contributed by atoms with Crippen LogP contribution < -0.4 is 10.2 Å². The van der Waals surface area contributed by atoms with Crippen LogP contribution in [-0.4, -0.2) is 32.8 Å². The van der Waals surface area contributed by atoms with Crippen molar-refractivity contribution in [2.24, 2.45) is 5.92 Å². The van der Waals surface area contributed by atoms with Gasteiger partial charge in [-0.05, 0) is 61.8 Å². The molecule has 2 fully saturated rings. The highest BCUT2D eigenvalue weighted by atomic mass is 16.5. The smallest absolute Gasteiger partial charge is 0.0511 e. The van der Waals surface area contributed by atoms with E-state index in [1.165, 1.54) is 42.5 Å². The molecule has 2 aliphatic rings. The van der Waals surface area contributed by atoms with Crippen LogP contribution in [0.3, 0.4) is 0 Å². The first-order valence-corrected chi connectivity index (χ1v) is 8.34. The molecule has 1 unspecified atom stereocenters. The summed E-state index contributed by atoms with van der Waals surface area (Å²) in [6.07, 6.45) is 5.21. The van der Waals surface area contributed by atoms with Gasteiger partial charge in [0, 0.05) is 38.5 Å². The fraction of sp³-hybridized carbons (Fsp3) is 0.667. The largest absolute Gasteiger partial charge is 0.381 e. The molecular formula is C18H28N2O. The van der Waals surface area contributed by atoms with Gasteiger partial charge in [0.15, 0.2) is 0 Å². The van der Waals surface area contributed by atoms with Crippen molar-refractivity contribution >= 4 is 5.69 Å². The fourth-order valence-electron chi connectivity index (χ4n) is 3.10. The first-order chi connectivity index (χ1) is 10.2. The van der Waals surface area contributed by atoms with Crippen molar-refractivity contribution in [2.75, 3.05) is 31.7 Å². The Kier molecular flexibility index (Phi) is 4.81. The molecule has 3 nitrogen and oxygen atoms in total. The Morgan fingerprint density at radius 2 is 2.14 bits per heavy atom. The van der Waals surface area contributed by atoms with Crippen molar-refractivity contribution in [1.82, 2.24) is 5.32 Å². The fourth-order valence-corrected chi connectivity index (χ4v) is 3.10. The first-order valence-electron chi connectivity index (χ1n) is 8.34. The van der Waals surface area contributed by atoms with Crippen LogP contribution in [-0.2, 0) is 11.3 Å². The molecule has 1 saturated carbocycles. The third-order valence-corrected chi connectivity index (χ3v) is 4.71. The summed E-state index contributed by atoms with van der Waals surface area (Å²) in [5, 5.41) is 3.60. The number of nitrogens with zero attached hydrogens (tertiary/aromatic N) is 1. The molecule has 0 bridgehead atoms. The topological polar surface area (TPSA) is 24.5 Å². The number of hydrogen-bond donors (Lipinski definition) is 1. The van der Waals surface area contributed by atoms with Gasteiger partial charge in [-0.1, -0.05) is 6.07 Å². The van der Waals surface area contributed by atoms with Crippen molar-refractivity contribution in [3.05, 3.63) is 29.3 Å². The summed E-state index contributed by atoms with van der Waals surface area (Å²) in [5.41, 5.74) is 4.15. The number of benzene rings is 1. The van der Waals surface area contributed by atoms with Gasteiger partial charge in [0.25, 0.3) is 0 Å². The van der Waals surface area contributed by atoms with Crippen molar-refractivity contribution in [2.45, 2.75) is 45.2 Å². The normalized spacial score (nSPS) is 22.3. The zero-order chi connectivity index (χ0) is 14.7. The van der Waals surface area contributed by atoms with Crippen molar-refractivity contribution < 1.29 is 4.74 Å². The summed E-state index contributed by atoms with van der Waals surface area (Å²) >= 11 is 0. The molecule has 1 atom stereocenters. The van der Waals surface area contributed by atoms with E-state index in [1.54, 1.807) is 0 Å². The van der Waals surface area contributed by atoms with Gasteiger partial charge >= 0.3 is 0 Å². The maximum Gasteiger partial charge on any atom is 0.0511 e. The van der Waals surface area contributed by atoms with E-state index >= 15 is 0 Å². The maximum atomic E-state index is 5.59. The average molecular weight is 288 g/mol. The van der Waals surface area contributed by atoms with Gasteiger partial charge in [0.2, 0.25) is 0 Å². The molecule has 1 aromatic rings. The zero-order valence-electron chi connectivity index (χ0n) is 13.4. The van der Waals surface area contributed by atoms with E-state index < -0.39 is 0 Å². The molecule has 0 spiro atoms. The van der Waals surface area contributed by atoms with Gasteiger partial charge in [0.1, 0.15) is 0 Å². The van der Waals surface area contributed by atoms with Crippen LogP contribution in [0.4, 0.5) is 5.69 Å². The predicted octanol–water partition coefficient (Wildman–Crippen LogP) is 3.11. The summed E-state index contributed by atoms with van der Waals surface area (Å²) in [5.74, 6) is 0.681. The number of hydrogen-bond acceptors (Lipinski definition) is 3. The highest BCUT2D eigenvalue weighted by Crippen LogP contribution is 2.23. The molecule has 0 aromatic heterocycles. The van der Waals surface area contributed by atoms with Gasteiger partial charge < -0.3 is 15.0 Å². The van der Waals surface area contributed by atoms with Crippen LogP contribution >= 0.6 is 0 Å². The van der Waals surface area contributed by atoms with Crippen molar-refractivity contribution in [3.63, 3.8) is 0 Å². The Morgan fingerprint density at radius 1 is 1.29 bits per heavy atom. The minimum atomic E-state index is 0.681. The van der Waals surface area contributed by atoms with E-state index in [4.69, 9.17) is 4.74 Å². The third kappa shape index (κ3) is 4.21. The third-order valence-electron chi connectivity index (χ3n) is 4.71. The predicted molar refractivity (Wildman–Crippen MR) is 87.9 cm³/mol. The van der Waals surface area contributed by atoms with Gasteiger partial charge in [-0.15, -0.1) is 0 Å². The van der Waals surface area contributed by atoms with Crippen LogP contribution in [0.1, 0.15) is 36.8 Å². The second-order valence-corrected chi connectivity index (χ2v) is 6.73. The summed E-state index contributed by atoms with van der Waals surface area (Å²) in [4.78, 5) is 2.38. The molecule has 1 saturated heterocycles. The number of nitrogens with one attached hydrogen (secondary N) is 1. The lowest BCUT2D eigenvalue weighted by molar-refractivity contribution is 0.0576. The molecule has 21 heavy (non-hydrogen) atoms. The van der Waals surface area contributed by atoms with Gasteiger partial charge in [-0.2, -0.15) is 0 Å². The monoisotopic (exact) mass is 288 g/mol. The Labute approximate surface area is 128 Å². The first kappa shape index (κ1) is 14.9. The van der Waals surface area contributed by atoms with Crippen LogP contribution in [0, 0.1) is 12.8 Å². The quantitative estimate of drug-likeness (QED) is 0.870. The van der Waals surface area contributed by atoms with Crippen LogP contribution in [0.5, 0.6) is 0 Å². The molecule has 3 rings (SSSR count). The minimum Gasteiger partial charge on any atom is -0.381 e. The number of rotatable bonds is 6. The summed E-state index contributed by atoms with van der Waals surface area (Å²) in [7, 11) is 2.20. The van der Waals surface area contributed by atoms with E-state index in [-0.39, 0.29) is 0 Å². The molecular weight excluding hydrogens is 260 g/mol. The molecule has 1 aromatic carbocycles. The Hall–Kier alpha value is -1.06. The molecule has 3 heteroatoms. The van der Waals surface area contributed by atoms with Crippen molar-refractivity contribution in [3.8, 4) is 0 Å². The lowest BCUT2D eigenvalue weighted by atomic mass is 10.0. The second kappa shape index (κ2) is 6.80. The molecule has 1 N–H and O–H groups in total. The van der Waals surface area contributed by atoms with Crippen molar-refractivity contribution in [1.29, 1.82) is 0 Å². The minimum absolute atomic E-state index is 0.681. The van der Waals surface area contributed by atoms with E-state index in [0.29, 0.717) is 5.92 Å². The van der Waals surface area contributed by atoms with E-state index in [0.717, 1.165) is 32.3 Å². The summed E-state index contributed by atoms with van der Waals surface area (Å²) in [6.45, 7) is 6.20. The number of aryl methyl sites for hydroxylation is 1. The lowest BCUT2D eigenvalue weighted by Gasteiger charge is -2.28. The standard InChI is InChI=1S/C18H28N2O/c1-14-10-18(8-5-16(14)11-19-17-6-7-17)20(2)12-15-4-3-9-21-13-15/h5,8,10,15,17,19H,3-4,6-7,9,11-13H2,1-2H3. The molecule has 1 aliphatic heterocycles. The Morgan fingerprint density at radius 3 is 2.81 bits per heavy atom. The molecule has 0 amide bonds. The Balaban J connectivity index is 1.57. The van der Waals surface area contributed by atoms with Gasteiger partial charge in [-0.3, -0.25) is 0 Å². The molecule has 0 radical (unpaired) electrons. The van der Waals surface area contributed by atoms with Gasteiger partial charge in [-0.25, -0.2) is 0 Å². The SMILES string of the molecule is Cc1cc(N(C)CC2CCCOC2)ccc1CNC1CC1. The summed E-state index contributed by atoms with van der Waals surface area (Å²) < 4.78 is 5.59. The molecule has 116 valence electrons. The summed E-state index contributed by atoms with van der Waals surface area (Å²) in [6, 6.07) is 7.65. The van der Waals surface area contributed by atoms with E-state index in [9.17, 15) is 0 Å². The zero-order valence-corrected chi connectivity index (χ0v) is 13.4. The van der Waals surface area contributed by atoms with Gasteiger partial charge in [0.05, 0.1) is 6.61 Å². The second-order valence-electron chi connectivity index (χ2n) is 6.73. The highest BCUT2D eigenvalue weighted by molar-refractivity contribution is 5.50. The molecule has 1 aliphatic carbocycles. The lowest BCUT2D eigenvalue weighted by Crippen LogP contribution is -2.30. The highest BCUT2D eigenvalue weighted by Gasteiger charge is 2.20.